The van der Waals surface area contributed by atoms with Gasteiger partial charge in [0, 0.05) is 18.5 Å². The van der Waals surface area contributed by atoms with E-state index in [0.717, 1.165) is 31.6 Å². The van der Waals surface area contributed by atoms with Gasteiger partial charge in [0.1, 0.15) is 0 Å². The van der Waals surface area contributed by atoms with Gasteiger partial charge in [-0.05, 0) is 18.8 Å². The summed E-state index contributed by atoms with van der Waals surface area (Å²) < 4.78 is 0. The minimum Gasteiger partial charge on any atom is -0.393 e. The van der Waals surface area contributed by atoms with Crippen LogP contribution in [0.1, 0.15) is 25.0 Å². The first-order chi connectivity index (χ1) is 6.86. The number of aliphatic hydroxyl groups is 1. The third-order valence-electron chi connectivity index (χ3n) is 2.82. The molecule has 0 amide bonds. The number of thiazole rings is 1. The lowest BCUT2D eigenvalue weighted by Gasteiger charge is -2.14. The van der Waals surface area contributed by atoms with Gasteiger partial charge in [0.25, 0.3) is 0 Å². The van der Waals surface area contributed by atoms with Gasteiger partial charge in [-0.1, -0.05) is 6.42 Å². The summed E-state index contributed by atoms with van der Waals surface area (Å²) in [4.78, 5) is 4.19. The van der Waals surface area contributed by atoms with Crippen molar-refractivity contribution in [1.82, 2.24) is 10.3 Å². The largest absolute Gasteiger partial charge is 0.393 e. The van der Waals surface area contributed by atoms with E-state index < -0.39 is 0 Å². The van der Waals surface area contributed by atoms with Crippen LogP contribution in [0.4, 0.5) is 0 Å². The van der Waals surface area contributed by atoms with E-state index >= 15 is 0 Å². The molecule has 0 bridgehead atoms. The Hall–Kier alpha value is -0.450. The maximum atomic E-state index is 9.59. The predicted molar refractivity (Wildman–Crippen MR) is 57.2 cm³/mol. The molecule has 0 radical (unpaired) electrons. The van der Waals surface area contributed by atoms with Crippen LogP contribution in [0.3, 0.4) is 0 Å². The highest BCUT2D eigenvalue weighted by molar-refractivity contribution is 7.07. The molecule has 0 aliphatic heterocycles. The summed E-state index contributed by atoms with van der Waals surface area (Å²) in [6, 6.07) is 0. The Labute approximate surface area is 88.2 Å². The highest BCUT2D eigenvalue weighted by atomic mass is 32.1. The predicted octanol–water partition coefficient (Wildman–Crippen LogP) is 1.39. The Kier molecular flexibility index (Phi) is 3.50. The molecular formula is C10H16N2OS. The molecule has 2 N–H and O–H groups in total. The van der Waals surface area contributed by atoms with Crippen molar-refractivity contribution in [3.63, 3.8) is 0 Å². The van der Waals surface area contributed by atoms with Crippen LogP contribution in [-0.2, 0) is 6.54 Å². The summed E-state index contributed by atoms with van der Waals surface area (Å²) in [7, 11) is 0. The third-order valence-corrected chi connectivity index (χ3v) is 3.45. The van der Waals surface area contributed by atoms with Crippen molar-refractivity contribution in [3.05, 3.63) is 16.6 Å². The summed E-state index contributed by atoms with van der Waals surface area (Å²) in [5.74, 6) is 0.452. The lowest BCUT2D eigenvalue weighted by molar-refractivity contribution is 0.131. The number of hydrogen-bond donors (Lipinski definition) is 2. The van der Waals surface area contributed by atoms with E-state index in [9.17, 15) is 5.11 Å². The number of rotatable bonds is 4. The van der Waals surface area contributed by atoms with Crippen molar-refractivity contribution in [2.45, 2.75) is 31.9 Å². The fraction of sp³-hybridized carbons (Fsp3) is 0.700. The number of aromatic nitrogens is 1. The van der Waals surface area contributed by atoms with Crippen LogP contribution in [0.5, 0.6) is 0 Å². The van der Waals surface area contributed by atoms with E-state index in [2.05, 4.69) is 15.7 Å². The zero-order valence-corrected chi connectivity index (χ0v) is 8.96. The van der Waals surface area contributed by atoms with Gasteiger partial charge >= 0.3 is 0 Å². The molecule has 1 aromatic heterocycles. The number of nitrogens with one attached hydrogen (secondary N) is 1. The molecule has 0 saturated heterocycles. The molecule has 1 fully saturated rings. The second-order valence-corrected chi connectivity index (χ2v) is 4.59. The third kappa shape index (κ3) is 2.53. The molecule has 1 aliphatic carbocycles. The molecule has 4 heteroatoms. The van der Waals surface area contributed by atoms with Gasteiger partial charge in [0.2, 0.25) is 0 Å². The maximum absolute atomic E-state index is 9.59. The fourth-order valence-corrected chi connectivity index (χ4v) is 2.52. The van der Waals surface area contributed by atoms with Crippen molar-refractivity contribution in [3.8, 4) is 0 Å². The fourth-order valence-electron chi connectivity index (χ4n) is 1.97. The average Bonchev–Trinajstić information content (AvgIpc) is 2.78. The van der Waals surface area contributed by atoms with E-state index in [1.165, 1.54) is 6.42 Å². The van der Waals surface area contributed by atoms with Crippen LogP contribution in [0.15, 0.2) is 10.9 Å². The molecule has 0 aromatic carbocycles. The van der Waals surface area contributed by atoms with Crippen LogP contribution in [0, 0.1) is 5.92 Å². The van der Waals surface area contributed by atoms with Crippen molar-refractivity contribution in [1.29, 1.82) is 0 Å². The van der Waals surface area contributed by atoms with Crippen molar-refractivity contribution in [2.75, 3.05) is 6.54 Å². The standard InChI is InChI=1S/C10H16N2OS/c13-10-3-1-2-8(10)4-11-5-9-6-14-7-12-9/h6-8,10-11,13H,1-5H2. The van der Waals surface area contributed by atoms with E-state index in [1.807, 2.05) is 5.51 Å². The quantitative estimate of drug-likeness (QED) is 0.793. The van der Waals surface area contributed by atoms with Crippen LogP contribution >= 0.6 is 11.3 Å². The lowest BCUT2D eigenvalue weighted by atomic mass is 10.1. The summed E-state index contributed by atoms with van der Waals surface area (Å²) in [5, 5.41) is 15.0. The average molecular weight is 212 g/mol. The van der Waals surface area contributed by atoms with Crippen molar-refractivity contribution >= 4 is 11.3 Å². The molecule has 78 valence electrons. The van der Waals surface area contributed by atoms with Crippen LogP contribution in [-0.4, -0.2) is 22.7 Å². The number of aliphatic hydroxyl groups excluding tert-OH is 1. The Morgan fingerprint density at radius 2 is 2.50 bits per heavy atom. The van der Waals surface area contributed by atoms with Crippen molar-refractivity contribution in [2.24, 2.45) is 5.92 Å². The van der Waals surface area contributed by atoms with E-state index in [-0.39, 0.29) is 6.10 Å². The lowest BCUT2D eigenvalue weighted by Crippen LogP contribution is -2.27. The minimum atomic E-state index is -0.0852. The first kappa shape index (κ1) is 10.1. The van der Waals surface area contributed by atoms with E-state index in [1.54, 1.807) is 11.3 Å². The van der Waals surface area contributed by atoms with Crippen LogP contribution < -0.4 is 5.32 Å². The van der Waals surface area contributed by atoms with E-state index in [0.29, 0.717) is 5.92 Å². The summed E-state index contributed by atoms with van der Waals surface area (Å²) in [5.41, 5.74) is 2.95. The van der Waals surface area contributed by atoms with E-state index in [4.69, 9.17) is 0 Å². The Balaban J connectivity index is 1.68. The van der Waals surface area contributed by atoms with Gasteiger partial charge < -0.3 is 10.4 Å². The van der Waals surface area contributed by atoms with Gasteiger partial charge in [0.15, 0.2) is 0 Å². The molecule has 2 rings (SSSR count). The minimum absolute atomic E-state index is 0.0852. The Morgan fingerprint density at radius 1 is 1.57 bits per heavy atom. The molecule has 14 heavy (non-hydrogen) atoms. The molecule has 1 aliphatic rings. The van der Waals surface area contributed by atoms with Crippen LogP contribution in [0.25, 0.3) is 0 Å². The second-order valence-electron chi connectivity index (χ2n) is 3.87. The topological polar surface area (TPSA) is 45.1 Å². The molecule has 2 atom stereocenters. The Bertz CT molecular complexity index is 263. The molecule has 3 nitrogen and oxygen atoms in total. The van der Waals surface area contributed by atoms with Gasteiger partial charge in [-0.15, -0.1) is 11.3 Å². The van der Waals surface area contributed by atoms with Crippen LogP contribution in [0.2, 0.25) is 0 Å². The molecule has 0 spiro atoms. The second kappa shape index (κ2) is 4.87. The van der Waals surface area contributed by atoms with Crippen molar-refractivity contribution < 1.29 is 5.11 Å². The van der Waals surface area contributed by atoms with Gasteiger partial charge in [-0.2, -0.15) is 0 Å². The highest BCUT2D eigenvalue weighted by Crippen LogP contribution is 2.24. The molecule has 1 saturated carbocycles. The number of nitrogens with zero attached hydrogens (tertiary/aromatic N) is 1. The normalized spacial score (nSPS) is 26.9. The zero-order valence-electron chi connectivity index (χ0n) is 8.15. The maximum Gasteiger partial charge on any atom is 0.0795 e. The summed E-state index contributed by atoms with van der Waals surface area (Å²) in [6.07, 6.45) is 3.22. The highest BCUT2D eigenvalue weighted by Gasteiger charge is 2.24. The molecule has 1 aromatic rings. The molecular weight excluding hydrogens is 196 g/mol. The smallest absolute Gasteiger partial charge is 0.0795 e. The first-order valence-corrected chi connectivity index (χ1v) is 6.06. The molecule has 1 heterocycles. The first-order valence-electron chi connectivity index (χ1n) is 5.12. The van der Waals surface area contributed by atoms with Gasteiger partial charge in [-0.3, -0.25) is 0 Å². The van der Waals surface area contributed by atoms with Gasteiger partial charge in [0.05, 0.1) is 17.3 Å². The van der Waals surface area contributed by atoms with Gasteiger partial charge in [-0.25, -0.2) is 4.98 Å². The molecule has 2 unspecified atom stereocenters. The monoisotopic (exact) mass is 212 g/mol. The number of hydrogen-bond acceptors (Lipinski definition) is 4. The zero-order chi connectivity index (χ0) is 9.80. The summed E-state index contributed by atoms with van der Waals surface area (Å²) >= 11 is 1.62. The summed E-state index contributed by atoms with van der Waals surface area (Å²) in [6.45, 7) is 1.74. The SMILES string of the molecule is OC1CCCC1CNCc1cscn1. The Morgan fingerprint density at radius 3 is 3.14 bits per heavy atom.